The van der Waals surface area contributed by atoms with Crippen LogP contribution in [-0.2, 0) is 26.1 Å². The van der Waals surface area contributed by atoms with E-state index in [9.17, 15) is 46.1 Å². The van der Waals surface area contributed by atoms with Crippen molar-refractivity contribution in [2.75, 3.05) is 19.6 Å². The van der Waals surface area contributed by atoms with Gasteiger partial charge in [0.15, 0.2) is 0 Å². The molecule has 3 heterocycles. The molecule has 2 amide bonds. The van der Waals surface area contributed by atoms with Crippen LogP contribution < -0.4 is 4.74 Å². The number of rotatable bonds is 13. The average molecular weight is 850 g/mol. The Morgan fingerprint density at radius 3 is 2.25 bits per heavy atom. The van der Waals surface area contributed by atoms with E-state index in [0.717, 1.165) is 43.8 Å². The van der Waals surface area contributed by atoms with E-state index in [2.05, 4.69) is 4.98 Å². The molecule has 3 fully saturated rings. The molecular weight excluding hydrogens is 796 g/mol. The van der Waals surface area contributed by atoms with Crippen LogP contribution in [0.1, 0.15) is 119 Å². The summed E-state index contributed by atoms with van der Waals surface area (Å²) in [6, 6.07) is 7.67. The molecule has 10 nitrogen and oxygen atoms in total. The summed E-state index contributed by atoms with van der Waals surface area (Å²) in [5.74, 6) is -2.07. The van der Waals surface area contributed by atoms with Gasteiger partial charge in [0, 0.05) is 37.8 Å². The monoisotopic (exact) mass is 849 g/mol. The van der Waals surface area contributed by atoms with Crippen LogP contribution in [0.3, 0.4) is 0 Å². The molecule has 0 bridgehead atoms. The van der Waals surface area contributed by atoms with E-state index in [4.69, 9.17) is 9.47 Å². The second-order valence-electron chi connectivity index (χ2n) is 17.1. The van der Waals surface area contributed by atoms with Gasteiger partial charge < -0.3 is 29.5 Å². The van der Waals surface area contributed by atoms with Crippen LogP contribution in [0.15, 0.2) is 66.6 Å². The molecule has 16 heteroatoms. The first-order valence-corrected chi connectivity index (χ1v) is 20.7. The van der Waals surface area contributed by atoms with Crippen molar-refractivity contribution in [3.8, 4) is 5.75 Å². The van der Waals surface area contributed by atoms with Crippen LogP contribution in [0.2, 0.25) is 0 Å². The Kier molecular flexibility index (Phi) is 12.8. The Hall–Kier alpha value is -4.60. The Morgan fingerprint density at radius 1 is 0.967 bits per heavy atom. The summed E-state index contributed by atoms with van der Waals surface area (Å²) in [7, 11) is 0. The quantitative estimate of drug-likeness (QED) is 0.191. The van der Waals surface area contributed by atoms with Gasteiger partial charge in [0.1, 0.15) is 17.2 Å². The number of hydrogen-bond acceptors (Lipinski definition) is 7. The lowest BCUT2D eigenvalue weighted by molar-refractivity contribution is -0.200. The van der Waals surface area contributed by atoms with Gasteiger partial charge in [0.2, 0.25) is 5.60 Å². The smallest absolute Gasteiger partial charge is 0.418 e. The van der Waals surface area contributed by atoms with Crippen LogP contribution in [0.25, 0.3) is 0 Å². The third-order valence-electron chi connectivity index (χ3n) is 13.0. The van der Waals surface area contributed by atoms with E-state index in [-0.39, 0.29) is 63.6 Å². The number of aliphatic carboxylic acids is 1. The number of piperidine rings is 2. The van der Waals surface area contributed by atoms with Crippen molar-refractivity contribution >= 4 is 17.8 Å². The maximum absolute atomic E-state index is 15.1. The fourth-order valence-corrected chi connectivity index (χ4v) is 9.06. The maximum atomic E-state index is 15.1. The van der Waals surface area contributed by atoms with E-state index in [1.165, 1.54) is 15.9 Å². The number of carboxylic acid groups (broad SMARTS) is 1. The molecule has 6 rings (SSSR count). The first-order chi connectivity index (χ1) is 28.2. The molecule has 2 saturated heterocycles. The third-order valence-corrected chi connectivity index (χ3v) is 13.0. The zero-order chi connectivity index (χ0) is 43.7. The first-order valence-electron chi connectivity index (χ1n) is 20.7. The second-order valence-corrected chi connectivity index (χ2v) is 17.1. The summed E-state index contributed by atoms with van der Waals surface area (Å²) in [5, 5.41) is 21.9. The average Bonchev–Trinajstić information content (AvgIpc) is 3.18. The number of aromatic nitrogens is 1. The van der Waals surface area contributed by atoms with Gasteiger partial charge in [-0.2, -0.15) is 26.3 Å². The number of carbonyl (C=O) groups excluding carboxylic acids is 2. The van der Waals surface area contributed by atoms with Crippen molar-refractivity contribution in [2.24, 2.45) is 10.8 Å². The lowest BCUT2D eigenvalue weighted by atomic mass is 9.66. The number of ether oxygens (including phenoxy) is 2. The molecule has 0 radical (unpaired) electrons. The number of aliphatic hydroxyl groups is 1. The lowest BCUT2D eigenvalue weighted by Crippen LogP contribution is -2.67. The highest BCUT2D eigenvalue weighted by Crippen LogP contribution is 2.48. The Labute approximate surface area is 345 Å². The number of alkyl halides is 6. The number of benzene rings is 1. The molecule has 2 N–H and O–H groups in total. The Balaban J connectivity index is 1.28. The van der Waals surface area contributed by atoms with Gasteiger partial charge in [0.05, 0.1) is 34.1 Å². The van der Waals surface area contributed by atoms with Gasteiger partial charge in [-0.25, -0.2) is 0 Å². The molecule has 2 aliphatic carbocycles. The van der Waals surface area contributed by atoms with Gasteiger partial charge in [0.25, 0.3) is 11.8 Å². The molecule has 60 heavy (non-hydrogen) atoms. The maximum Gasteiger partial charge on any atom is 0.418 e. The molecule has 1 aromatic carbocycles. The highest BCUT2D eigenvalue weighted by Gasteiger charge is 2.57. The molecule has 2 aromatic rings. The summed E-state index contributed by atoms with van der Waals surface area (Å²) >= 11 is 0. The van der Waals surface area contributed by atoms with E-state index >= 15 is 4.79 Å². The second kappa shape index (κ2) is 17.0. The number of allylic oxidation sites excluding steroid dienone is 3. The molecular formula is C44H53F6N3O7. The minimum Gasteiger partial charge on any atom is -0.490 e. The standard InChI is InChI=1S/C44H53F6N3O7/c1-4-10-34-42(60-30-15-20-39(3,21-16-30)44(48,49)50,19-9-26-53(34)36(54)35-32(43(45,46)47)12-7-25-51-35)37(55)52-27-23-41(58,24-28-52)31-11-5-6-13-33(31)59-29(2)14-22-40(38(56)57)17-8-18-40/h5-7,11-13,15-16,20,25,29,34,58H,4,8-10,14,17-19,21-24,26-28H2,1-3H3,(H,56,57). The van der Waals surface area contributed by atoms with Crippen molar-refractivity contribution in [1.29, 1.82) is 0 Å². The zero-order valence-electron chi connectivity index (χ0n) is 34.1. The predicted octanol–water partition coefficient (Wildman–Crippen LogP) is 8.99. The van der Waals surface area contributed by atoms with E-state index in [1.54, 1.807) is 31.2 Å². The number of halogens is 6. The normalized spacial score (nSPS) is 25.8. The van der Waals surface area contributed by atoms with Crippen molar-refractivity contribution in [2.45, 2.75) is 134 Å². The zero-order valence-corrected chi connectivity index (χ0v) is 34.1. The molecule has 328 valence electrons. The Bertz CT molecular complexity index is 1970. The number of likely N-dealkylation sites (tertiary alicyclic amines) is 2. The molecule has 4 atom stereocenters. The summed E-state index contributed by atoms with van der Waals surface area (Å²) in [6.45, 7) is 4.63. The van der Waals surface area contributed by atoms with Gasteiger partial charge in [-0.3, -0.25) is 19.4 Å². The molecule has 2 aliphatic heterocycles. The van der Waals surface area contributed by atoms with Crippen LogP contribution in [0.4, 0.5) is 26.3 Å². The van der Waals surface area contributed by atoms with E-state index < -0.39 is 75.9 Å². The number of carboxylic acids is 1. The molecule has 4 aliphatic rings. The SMILES string of the molecule is CCCC1N(C(=O)c2ncccc2C(F)(F)F)CCCC1(OC1=CCC(C)(C(F)(F)F)C=C1)C(=O)N1CCC(O)(c2ccccc2OC(C)CCC2(C(=O)O)CCC2)CC1. The number of pyridine rings is 1. The summed E-state index contributed by atoms with van der Waals surface area (Å²) in [4.78, 5) is 47.7. The van der Waals surface area contributed by atoms with Gasteiger partial charge in [-0.15, -0.1) is 0 Å². The molecule has 4 unspecified atom stereocenters. The van der Waals surface area contributed by atoms with Gasteiger partial charge in [-0.1, -0.05) is 44.0 Å². The van der Waals surface area contributed by atoms with Crippen molar-refractivity contribution < 1.29 is 60.4 Å². The summed E-state index contributed by atoms with van der Waals surface area (Å²) in [6.07, 6.45) is -2.17. The third kappa shape index (κ3) is 8.76. The van der Waals surface area contributed by atoms with E-state index in [1.807, 2.05) is 6.92 Å². The van der Waals surface area contributed by atoms with Crippen LogP contribution in [-0.4, -0.2) is 86.3 Å². The summed E-state index contributed by atoms with van der Waals surface area (Å²) < 4.78 is 97.2. The number of nitrogens with zero attached hydrogens (tertiary/aromatic N) is 3. The largest absolute Gasteiger partial charge is 0.490 e. The van der Waals surface area contributed by atoms with Crippen molar-refractivity contribution in [3.05, 3.63) is 83.4 Å². The van der Waals surface area contributed by atoms with Gasteiger partial charge >= 0.3 is 18.3 Å². The number of para-hydroxylation sites is 1. The van der Waals surface area contributed by atoms with Crippen LogP contribution in [0.5, 0.6) is 5.75 Å². The minimum absolute atomic E-state index is 0.00223. The van der Waals surface area contributed by atoms with E-state index in [0.29, 0.717) is 43.4 Å². The lowest BCUT2D eigenvalue weighted by Gasteiger charge is -2.51. The van der Waals surface area contributed by atoms with Crippen molar-refractivity contribution in [1.82, 2.24) is 14.8 Å². The predicted molar refractivity (Wildman–Crippen MR) is 207 cm³/mol. The molecule has 1 aromatic heterocycles. The van der Waals surface area contributed by atoms with Crippen LogP contribution in [0, 0.1) is 10.8 Å². The highest BCUT2D eigenvalue weighted by atomic mass is 19.4. The highest BCUT2D eigenvalue weighted by molar-refractivity contribution is 5.96. The van der Waals surface area contributed by atoms with Crippen molar-refractivity contribution in [3.63, 3.8) is 0 Å². The van der Waals surface area contributed by atoms with Gasteiger partial charge in [-0.05, 0) is 102 Å². The molecule has 1 saturated carbocycles. The minimum atomic E-state index is -4.91. The number of amides is 2. The molecule has 0 spiro atoms. The summed E-state index contributed by atoms with van der Waals surface area (Å²) in [5.41, 5.74) is -7.91. The fourth-order valence-electron chi connectivity index (χ4n) is 9.06. The number of carbonyl (C=O) groups is 3. The van der Waals surface area contributed by atoms with Crippen LogP contribution >= 0.6 is 0 Å². The topological polar surface area (TPSA) is 130 Å². The fraction of sp³-hybridized carbons (Fsp3) is 0.591. The number of hydrogen-bond donors (Lipinski definition) is 2. The Morgan fingerprint density at radius 2 is 1.67 bits per heavy atom. The first kappa shape index (κ1) is 44.9.